The minimum atomic E-state index is 0.264. The zero-order valence-corrected chi connectivity index (χ0v) is 13.0. The summed E-state index contributed by atoms with van der Waals surface area (Å²) in [6, 6.07) is 16.5. The highest BCUT2D eigenvalue weighted by Crippen LogP contribution is 2.40. The second kappa shape index (κ2) is 6.71. The lowest BCUT2D eigenvalue weighted by Crippen LogP contribution is -2.22. The summed E-state index contributed by atoms with van der Waals surface area (Å²) in [6.45, 7) is 0.887. The van der Waals surface area contributed by atoms with Gasteiger partial charge in [-0.25, -0.2) is 0 Å². The van der Waals surface area contributed by atoms with Gasteiger partial charge in [-0.2, -0.15) is 0 Å². The number of para-hydroxylation sites is 1. The fourth-order valence-electron chi connectivity index (χ4n) is 2.70. The van der Waals surface area contributed by atoms with Crippen molar-refractivity contribution in [3.05, 3.63) is 54.1 Å². The summed E-state index contributed by atoms with van der Waals surface area (Å²) in [5.74, 6) is 2.22. The molecule has 1 unspecified atom stereocenters. The lowest BCUT2D eigenvalue weighted by Gasteiger charge is -2.24. The van der Waals surface area contributed by atoms with Crippen LogP contribution in [0.5, 0.6) is 17.2 Å². The normalized spacial score (nSPS) is 14.1. The summed E-state index contributed by atoms with van der Waals surface area (Å²) in [6.07, 6.45) is 0.904. The van der Waals surface area contributed by atoms with Crippen molar-refractivity contribution in [2.24, 2.45) is 0 Å². The third kappa shape index (κ3) is 3.17. The van der Waals surface area contributed by atoms with Gasteiger partial charge >= 0.3 is 0 Å². The Kier molecular flexibility index (Phi) is 4.49. The van der Waals surface area contributed by atoms with Crippen LogP contribution < -0.4 is 14.2 Å². The average Bonchev–Trinajstić information content (AvgIpc) is 3.01. The summed E-state index contributed by atoms with van der Waals surface area (Å²) in [5, 5.41) is 0. The van der Waals surface area contributed by atoms with Crippen LogP contribution >= 0.6 is 0 Å². The maximum atomic E-state index is 5.92. The maximum Gasteiger partial charge on any atom is 0.231 e. The van der Waals surface area contributed by atoms with E-state index in [2.05, 4.69) is 43.3 Å². The number of fused-ring (bicyclic) bond motifs is 1. The van der Waals surface area contributed by atoms with Crippen molar-refractivity contribution in [2.75, 3.05) is 27.5 Å². The Morgan fingerprint density at radius 1 is 1.05 bits per heavy atom. The van der Waals surface area contributed by atoms with Crippen LogP contribution in [0.25, 0.3) is 0 Å². The molecule has 116 valence electrons. The van der Waals surface area contributed by atoms with Gasteiger partial charge in [0.25, 0.3) is 0 Å². The molecule has 0 N–H and O–H groups in total. The van der Waals surface area contributed by atoms with E-state index >= 15 is 0 Å². The van der Waals surface area contributed by atoms with Crippen LogP contribution in [0.2, 0.25) is 0 Å². The molecule has 2 aromatic carbocycles. The molecule has 0 saturated heterocycles. The fraction of sp³-hybridized carbons (Fsp3) is 0.333. The lowest BCUT2D eigenvalue weighted by atomic mass is 10.0. The van der Waals surface area contributed by atoms with E-state index in [0.29, 0.717) is 18.4 Å². The smallest absolute Gasteiger partial charge is 0.231 e. The quantitative estimate of drug-likeness (QED) is 0.817. The fourth-order valence-corrected chi connectivity index (χ4v) is 2.70. The van der Waals surface area contributed by atoms with Gasteiger partial charge in [-0.15, -0.1) is 0 Å². The highest BCUT2D eigenvalue weighted by Gasteiger charge is 2.19. The number of hydrogen-bond acceptors (Lipinski definition) is 4. The molecule has 4 heteroatoms. The van der Waals surface area contributed by atoms with Crippen LogP contribution in [0, 0.1) is 0 Å². The van der Waals surface area contributed by atoms with E-state index in [4.69, 9.17) is 14.2 Å². The van der Waals surface area contributed by atoms with Crippen LogP contribution in [0.4, 0.5) is 0 Å². The molecule has 1 atom stereocenters. The molecule has 0 radical (unpaired) electrons. The highest BCUT2D eigenvalue weighted by atomic mass is 16.7. The first-order valence-electron chi connectivity index (χ1n) is 7.48. The number of rotatable bonds is 6. The van der Waals surface area contributed by atoms with E-state index in [9.17, 15) is 0 Å². The molecule has 0 bridgehead atoms. The molecular weight excluding hydrogens is 278 g/mol. The molecule has 22 heavy (non-hydrogen) atoms. The molecule has 1 aliphatic heterocycles. The van der Waals surface area contributed by atoms with Crippen LogP contribution in [0.15, 0.2) is 48.5 Å². The van der Waals surface area contributed by atoms with Crippen molar-refractivity contribution in [2.45, 2.75) is 12.5 Å². The number of benzene rings is 2. The van der Waals surface area contributed by atoms with Crippen LogP contribution in [0.3, 0.4) is 0 Å². The van der Waals surface area contributed by atoms with Crippen molar-refractivity contribution < 1.29 is 14.2 Å². The van der Waals surface area contributed by atoms with E-state index in [0.717, 1.165) is 17.9 Å². The second-order valence-corrected chi connectivity index (χ2v) is 5.52. The van der Waals surface area contributed by atoms with Gasteiger partial charge < -0.3 is 19.1 Å². The Morgan fingerprint density at radius 2 is 1.86 bits per heavy atom. The molecule has 2 aromatic rings. The first-order chi connectivity index (χ1) is 10.8. The maximum absolute atomic E-state index is 5.92. The summed E-state index contributed by atoms with van der Waals surface area (Å²) < 4.78 is 16.7. The minimum Gasteiger partial charge on any atom is -0.489 e. The van der Waals surface area contributed by atoms with Crippen molar-refractivity contribution in [1.82, 2.24) is 4.90 Å². The van der Waals surface area contributed by atoms with Gasteiger partial charge in [0.2, 0.25) is 12.5 Å². The van der Waals surface area contributed by atoms with Gasteiger partial charge in [-0.1, -0.05) is 36.4 Å². The van der Waals surface area contributed by atoms with Gasteiger partial charge in [-0.05, 0) is 31.8 Å². The molecule has 0 aliphatic carbocycles. The molecule has 1 heterocycles. The number of nitrogens with zero attached hydrogens (tertiary/aromatic N) is 1. The molecule has 0 fully saturated rings. The zero-order chi connectivity index (χ0) is 15.4. The third-order valence-corrected chi connectivity index (χ3v) is 3.82. The molecule has 0 amide bonds. The molecule has 0 saturated carbocycles. The predicted octanol–water partition coefficient (Wildman–Crippen LogP) is 3.49. The average molecular weight is 299 g/mol. The number of ether oxygens (including phenoxy) is 3. The monoisotopic (exact) mass is 299 g/mol. The summed E-state index contributed by atoms with van der Waals surface area (Å²) in [7, 11) is 4.18. The second-order valence-electron chi connectivity index (χ2n) is 5.52. The molecular formula is C18H21NO3. The van der Waals surface area contributed by atoms with E-state index in [1.165, 1.54) is 5.56 Å². The number of hydrogen-bond donors (Lipinski definition) is 0. The van der Waals surface area contributed by atoms with Crippen LogP contribution in [-0.4, -0.2) is 32.4 Å². The predicted molar refractivity (Wildman–Crippen MR) is 85.5 cm³/mol. The molecule has 1 aliphatic rings. The lowest BCUT2D eigenvalue weighted by molar-refractivity contribution is 0.167. The first kappa shape index (κ1) is 14.7. The van der Waals surface area contributed by atoms with Gasteiger partial charge in [0.15, 0.2) is 11.5 Å². The Labute approximate surface area is 131 Å². The molecule has 4 nitrogen and oxygen atoms in total. The SMILES string of the molecule is CN(C)C(CCOc1cccc2c1OCO2)c1ccccc1. The standard InChI is InChI=1S/C18H21NO3/c1-19(2)15(14-7-4-3-5-8-14)11-12-20-16-9-6-10-17-18(16)22-13-21-17/h3-10,15H,11-13H2,1-2H3. The first-order valence-corrected chi connectivity index (χ1v) is 7.48. The molecule has 3 rings (SSSR count). The largest absolute Gasteiger partial charge is 0.489 e. The van der Waals surface area contributed by atoms with Crippen molar-refractivity contribution >= 4 is 0 Å². The summed E-state index contributed by atoms with van der Waals surface area (Å²) >= 11 is 0. The Hall–Kier alpha value is -2.20. The van der Waals surface area contributed by atoms with Gasteiger partial charge in [0.1, 0.15) is 0 Å². The van der Waals surface area contributed by atoms with E-state index < -0.39 is 0 Å². The van der Waals surface area contributed by atoms with Crippen molar-refractivity contribution in [1.29, 1.82) is 0 Å². The topological polar surface area (TPSA) is 30.9 Å². The van der Waals surface area contributed by atoms with E-state index in [-0.39, 0.29) is 6.79 Å². The highest BCUT2D eigenvalue weighted by molar-refractivity contribution is 5.52. The van der Waals surface area contributed by atoms with Gasteiger partial charge in [-0.3, -0.25) is 0 Å². The van der Waals surface area contributed by atoms with Gasteiger partial charge in [0, 0.05) is 12.5 Å². The third-order valence-electron chi connectivity index (χ3n) is 3.82. The van der Waals surface area contributed by atoms with Crippen molar-refractivity contribution in [3.63, 3.8) is 0 Å². The summed E-state index contributed by atoms with van der Waals surface area (Å²) in [4.78, 5) is 2.22. The minimum absolute atomic E-state index is 0.264. The van der Waals surface area contributed by atoms with Gasteiger partial charge in [0.05, 0.1) is 6.61 Å². The van der Waals surface area contributed by atoms with E-state index in [1.54, 1.807) is 0 Å². The van der Waals surface area contributed by atoms with Crippen molar-refractivity contribution in [3.8, 4) is 17.2 Å². The van der Waals surface area contributed by atoms with Crippen LogP contribution in [0.1, 0.15) is 18.0 Å². The Morgan fingerprint density at radius 3 is 2.64 bits per heavy atom. The zero-order valence-electron chi connectivity index (χ0n) is 13.0. The summed E-state index contributed by atoms with van der Waals surface area (Å²) in [5.41, 5.74) is 1.30. The molecule has 0 aromatic heterocycles. The molecule has 0 spiro atoms. The Balaban J connectivity index is 1.63. The van der Waals surface area contributed by atoms with E-state index in [1.807, 2.05) is 24.3 Å². The Bertz CT molecular complexity index is 613. The van der Waals surface area contributed by atoms with Crippen LogP contribution in [-0.2, 0) is 0 Å².